The normalized spacial score (nSPS) is 11.2. The summed E-state index contributed by atoms with van der Waals surface area (Å²) >= 11 is 3.57. The van der Waals surface area contributed by atoms with Gasteiger partial charge in [-0.3, -0.25) is 0 Å². The number of rotatable bonds is 3. The highest BCUT2D eigenvalue weighted by molar-refractivity contribution is 9.10. The molecular weight excluding hydrogens is 312 g/mol. The lowest BCUT2D eigenvalue weighted by Gasteiger charge is -2.03. The van der Waals surface area contributed by atoms with E-state index in [9.17, 15) is 0 Å². The summed E-state index contributed by atoms with van der Waals surface area (Å²) in [6.07, 6.45) is 4.05. The molecule has 20 heavy (non-hydrogen) atoms. The van der Waals surface area contributed by atoms with E-state index in [-0.39, 0.29) is 0 Å². The maximum atomic E-state index is 4.66. The van der Waals surface area contributed by atoms with Crippen LogP contribution >= 0.6 is 15.9 Å². The van der Waals surface area contributed by atoms with E-state index in [2.05, 4.69) is 81.8 Å². The molecule has 0 unspecified atom stereocenters. The van der Waals surface area contributed by atoms with Crippen LogP contribution in [0.2, 0.25) is 0 Å². The Morgan fingerprint density at radius 3 is 2.55 bits per heavy atom. The fraction of sp³-hybridized carbons (Fsp3) is 0.235. The van der Waals surface area contributed by atoms with E-state index in [1.54, 1.807) is 0 Å². The Bertz CT molecular complexity index is 742. The molecule has 3 heteroatoms. The second kappa shape index (κ2) is 5.41. The van der Waals surface area contributed by atoms with Gasteiger partial charge in [0.25, 0.3) is 0 Å². The predicted molar refractivity (Wildman–Crippen MR) is 86.2 cm³/mol. The summed E-state index contributed by atoms with van der Waals surface area (Å²) in [5.74, 6) is 1.11. The van der Waals surface area contributed by atoms with Crippen molar-refractivity contribution in [3.8, 4) is 0 Å². The number of imidazole rings is 1. The molecule has 3 aromatic rings. The lowest BCUT2D eigenvalue weighted by molar-refractivity contribution is 0.851. The summed E-state index contributed by atoms with van der Waals surface area (Å²) in [5, 5.41) is 0. The van der Waals surface area contributed by atoms with E-state index in [1.807, 2.05) is 0 Å². The SMILES string of the molecule is Cc1ccc(CCc2nc(Br)c3c(C)cccn23)cc1. The van der Waals surface area contributed by atoms with Crippen molar-refractivity contribution in [1.82, 2.24) is 9.38 Å². The van der Waals surface area contributed by atoms with Gasteiger partial charge in [-0.25, -0.2) is 4.98 Å². The molecule has 102 valence electrons. The first kappa shape index (κ1) is 13.4. The molecule has 0 atom stereocenters. The van der Waals surface area contributed by atoms with Gasteiger partial charge in [0, 0.05) is 12.6 Å². The first-order chi connectivity index (χ1) is 9.65. The molecule has 2 heterocycles. The summed E-state index contributed by atoms with van der Waals surface area (Å²) in [4.78, 5) is 4.66. The van der Waals surface area contributed by atoms with E-state index in [1.165, 1.54) is 22.2 Å². The first-order valence-electron chi connectivity index (χ1n) is 6.83. The Balaban J connectivity index is 1.88. The number of pyridine rings is 1. The molecule has 0 spiro atoms. The topological polar surface area (TPSA) is 17.3 Å². The molecule has 0 saturated carbocycles. The maximum Gasteiger partial charge on any atom is 0.132 e. The minimum atomic E-state index is 0.939. The van der Waals surface area contributed by atoms with Gasteiger partial charge in [-0.05, 0) is 53.4 Å². The Morgan fingerprint density at radius 1 is 1.05 bits per heavy atom. The fourth-order valence-corrected chi connectivity index (χ4v) is 3.21. The number of fused-ring (bicyclic) bond motifs is 1. The molecule has 0 amide bonds. The highest BCUT2D eigenvalue weighted by atomic mass is 79.9. The van der Waals surface area contributed by atoms with Crippen LogP contribution in [0, 0.1) is 13.8 Å². The van der Waals surface area contributed by atoms with Crippen LogP contribution in [0.25, 0.3) is 5.52 Å². The molecule has 2 nitrogen and oxygen atoms in total. The Morgan fingerprint density at radius 2 is 1.80 bits per heavy atom. The fourth-order valence-electron chi connectivity index (χ4n) is 2.50. The number of halogens is 1. The van der Waals surface area contributed by atoms with Crippen molar-refractivity contribution in [2.45, 2.75) is 26.7 Å². The first-order valence-corrected chi connectivity index (χ1v) is 7.62. The zero-order valence-corrected chi connectivity index (χ0v) is 13.3. The summed E-state index contributed by atoms with van der Waals surface area (Å²) < 4.78 is 3.13. The Labute approximate surface area is 127 Å². The summed E-state index contributed by atoms with van der Waals surface area (Å²) in [6, 6.07) is 12.9. The Hall–Kier alpha value is -1.61. The van der Waals surface area contributed by atoms with Gasteiger partial charge in [0.1, 0.15) is 10.4 Å². The van der Waals surface area contributed by atoms with Crippen LogP contribution in [0.15, 0.2) is 47.2 Å². The largest absolute Gasteiger partial charge is 0.302 e. The van der Waals surface area contributed by atoms with Crippen molar-refractivity contribution in [2.75, 3.05) is 0 Å². The molecule has 0 radical (unpaired) electrons. The molecule has 0 bridgehead atoms. The van der Waals surface area contributed by atoms with Gasteiger partial charge in [-0.2, -0.15) is 0 Å². The van der Waals surface area contributed by atoms with E-state index >= 15 is 0 Å². The van der Waals surface area contributed by atoms with E-state index in [0.717, 1.165) is 23.3 Å². The van der Waals surface area contributed by atoms with Crippen molar-refractivity contribution in [3.05, 3.63) is 69.7 Å². The molecule has 0 aliphatic heterocycles. The summed E-state index contributed by atoms with van der Waals surface area (Å²) in [5.41, 5.74) is 5.08. The second-order valence-corrected chi connectivity index (χ2v) is 5.97. The quantitative estimate of drug-likeness (QED) is 0.692. The molecular formula is C17H17BrN2. The second-order valence-electron chi connectivity index (χ2n) is 5.21. The average molecular weight is 329 g/mol. The maximum absolute atomic E-state index is 4.66. The number of benzene rings is 1. The van der Waals surface area contributed by atoms with Crippen molar-refractivity contribution < 1.29 is 0 Å². The van der Waals surface area contributed by atoms with Crippen LogP contribution in [-0.2, 0) is 12.8 Å². The number of hydrogen-bond acceptors (Lipinski definition) is 1. The van der Waals surface area contributed by atoms with E-state index in [0.29, 0.717) is 0 Å². The third kappa shape index (κ3) is 2.50. The summed E-state index contributed by atoms with van der Waals surface area (Å²) in [6.45, 7) is 4.23. The molecule has 2 aromatic heterocycles. The van der Waals surface area contributed by atoms with Gasteiger partial charge in [-0.1, -0.05) is 35.9 Å². The number of nitrogens with zero attached hydrogens (tertiary/aromatic N) is 2. The van der Waals surface area contributed by atoms with E-state index < -0.39 is 0 Å². The van der Waals surface area contributed by atoms with Crippen molar-refractivity contribution in [2.24, 2.45) is 0 Å². The van der Waals surface area contributed by atoms with Gasteiger partial charge in [0.2, 0.25) is 0 Å². The molecule has 0 fully saturated rings. The standard InChI is InChI=1S/C17H17BrN2/c1-12-5-7-14(8-6-12)9-10-15-19-17(18)16-13(2)4-3-11-20(15)16/h3-8,11H,9-10H2,1-2H3. The van der Waals surface area contributed by atoms with Crippen LogP contribution in [0.3, 0.4) is 0 Å². The molecule has 3 rings (SSSR count). The van der Waals surface area contributed by atoms with Gasteiger partial charge in [-0.15, -0.1) is 0 Å². The highest BCUT2D eigenvalue weighted by Gasteiger charge is 2.10. The number of aryl methyl sites for hydroxylation is 4. The predicted octanol–water partition coefficient (Wildman–Crippen LogP) is 4.50. The van der Waals surface area contributed by atoms with Gasteiger partial charge in [0.15, 0.2) is 0 Å². The zero-order valence-electron chi connectivity index (χ0n) is 11.7. The summed E-state index contributed by atoms with van der Waals surface area (Å²) in [7, 11) is 0. The lowest BCUT2D eigenvalue weighted by Crippen LogP contribution is -1.98. The molecule has 0 N–H and O–H groups in total. The third-order valence-corrected chi connectivity index (χ3v) is 4.21. The smallest absolute Gasteiger partial charge is 0.132 e. The monoisotopic (exact) mass is 328 g/mol. The van der Waals surface area contributed by atoms with Crippen LogP contribution in [0.5, 0.6) is 0 Å². The number of aromatic nitrogens is 2. The van der Waals surface area contributed by atoms with Gasteiger partial charge in [0.05, 0.1) is 5.52 Å². The molecule has 0 saturated heterocycles. The average Bonchev–Trinajstić information content (AvgIpc) is 2.76. The van der Waals surface area contributed by atoms with Crippen LogP contribution in [0.4, 0.5) is 0 Å². The molecule has 0 aliphatic rings. The van der Waals surface area contributed by atoms with Crippen molar-refractivity contribution >= 4 is 21.4 Å². The Kier molecular flexibility index (Phi) is 3.62. The number of hydrogen-bond donors (Lipinski definition) is 0. The third-order valence-electron chi connectivity index (χ3n) is 3.65. The van der Waals surface area contributed by atoms with Crippen LogP contribution in [-0.4, -0.2) is 9.38 Å². The molecule has 1 aromatic carbocycles. The van der Waals surface area contributed by atoms with Gasteiger partial charge >= 0.3 is 0 Å². The molecule has 0 aliphatic carbocycles. The minimum Gasteiger partial charge on any atom is -0.302 e. The van der Waals surface area contributed by atoms with Crippen molar-refractivity contribution in [3.63, 3.8) is 0 Å². The lowest BCUT2D eigenvalue weighted by atomic mass is 10.1. The van der Waals surface area contributed by atoms with Crippen LogP contribution in [0.1, 0.15) is 22.5 Å². The van der Waals surface area contributed by atoms with E-state index in [4.69, 9.17) is 0 Å². The highest BCUT2D eigenvalue weighted by Crippen LogP contribution is 2.23. The van der Waals surface area contributed by atoms with Crippen LogP contribution < -0.4 is 0 Å². The van der Waals surface area contributed by atoms with Crippen molar-refractivity contribution in [1.29, 1.82) is 0 Å². The zero-order chi connectivity index (χ0) is 14.1. The van der Waals surface area contributed by atoms with Gasteiger partial charge < -0.3 is 4.40 Å². The minimum absolute atomic E-state index is 0.939.